The van der Waals surface area contributed by atoms with Crippen LogP contribution in [0.1, 0.15) is 117 Å². The molecule has 0 spiro atoms. The fraction of sp³-hybridized carbons (Fsp3) is 0.618. The number of carbonyl (C=O) groups excluding carboxylic acids is 12. The highest BCUT2D eigenvalue weighted by atomic mass is 32.1. The second-order valence-corrected chi connectivity index (χ2v) is 23.3. The molecule has 528 valence electrons. The zero-order valence-electron chi connectivity index (χ0n) is 52.4. The lowest BCUT2D eigenvalue weighted by Gasteiger charge is -2.30. The van der Waals surface area contributed by atoms with E-state index in [1.807, 2.05) is 0 Å². The van der Waals surface area contributed by atoms with E-state index >= 15 is 0 Å². The van der Waals surface area contributed by atoms with Crippen molar-refractivity contribution in [1.29, 1.82) is 0 Å². The minimum absolute atomic E-state index is 0.0417. The third kappa shape index (κ3) is 29.2. The summed E-state index contributed by atoms with van der Waals surface area (Å²) in [6, 6.07) is -20.8. The van der Waals surface area contributed by atoms with E-state index in [1.54, 1.807) is 27.7 Å². The van der Waals surface area contributed by atoms with Gasteiger partial charge in [-0.3, -0.25) is 81.5 Å². The number of carboxylic acid groups (broad SMARTS) is 6. The summed E-state index contributed by atoms with van der Waals surface area (Å²) in [6.45, 7) is 7.46. The molecule has 0 bridgehead atoms. The van der Waals surface area contributed by atoms with Gasteiger partial charge in [-0.25, -0.2) is 9.78 Å². The predicted octanol–water partition coefficient (Wildman–Crippen LogP) is -6.73. The second-order valence-electron chi connectivity index (χ2n) is 23.0. The highest BCUT2D eigenvalue weighted by molar-refractivity contribution is 7.80. The fourth-order valence-corrected chi connectivity index (χ4v) is 9.53. The number of nitrogens with zero attached hydrogens (tertiary/aromatic N) is 2. The van der Waals surface area contributed by atoms with Gasteiger partial charge in [0, 0.05) is 43.5 Å². The first-order valence-electron chi connectivity index (χ1n) is 29.6. The van der Waals surface area contributed by atoms with Crippen LogP contribution in [0.2, 0.25) is 0 Å². The van der Waals surface area contributed by atoms with Gasteiger partial charge in [-0.2, -0.15) is 12.6 Å². The van der Waals surface area contributed by atoms with E-state index in [1.165, 1.54) is 12.5 Å². The molecule has 1 aliphatic rings. The maximum absolute atomic E-state index is 14.1. The highest BCUT2D eigenvalue weighted by Crippen LogP contribution is 2.21. The van der Waals surface area contributed by atoms with Crippen LogP contribution < -0.4 is 64.6 Å². The van der Waals surface area contributed by atoms with E-state index in [4.69, 9.17) is 16.6 Å². The van der Waals surface area contributed by atoms with E-state index in [2.05, 4.69) is 75.8 Å². The molecule has 2 heterocycles. The van der Waals surface area contributed by atoms with Crippen molar-refractivity contribution >= 4 is 119 Å². The number of aromatic nitrogens is 2. The summed E-state index contributed by atoms with van der Waals surface area (Å²) in [5.74, 6) is -24.9. The maximum Gasteiger partial charge on any atom is 0.326 e. The maximum atomic E-state index is 14.1. The molecule has 2 rings (SSSR count). The normalized spacial score (nSPS) is 16.1. The van der Waals surface area contributed by atoms with Gasteiger partial charge in [0.15, 0.2) is 0 Å². The molecule has 95 heavy (non-hydrogen) atoms. The van der Waals surface area contributed by atoms with Crippen LogP contribution in [-0.4, -0.2) is 237 Å². The van der Waals surface area contributed by atoms with Crippen molar-refractivity contribution in [3.05, 3.63) is 18.2 Å². The standard InChI is InChI=1S/C55H83N15O24S/c1-23(2)13-29(47(85)60-25(5)44(82)62-31(17-41(76)77)50(88)68-35(55(93)94)15-26-20-58-22-59-26)64-46(84)28(9-11-40(74)75)61-49(87)32(18-42(78)79)65-52(90)36(21-95)69-51(89)33(19-43(80)81)66-53(91)37-7-6-12-70(37)54(92)34(16-38(57)71)67-48(86)30(14-24(3)4)63-45(83)27(56)8-10-39(72)73/h20,22-25,27-37,95H,6-19,21,56H2,1-5H3,(H2,57,71)(H,58,59)(H,60,85)(H,61,87)(H,62,82)(H,63,83)(H,64,84)(H,65,90)(H,66,91)(H,67,86)(H,68,88)(H,69,89)(H,72,73)(H,74,75)(H,76,77)(H,78,79)(H,80,81)(H,93,94)/t25-,27-,28-,29-,30-,31-,32+,33-,34-,35-,36-,37-/m0/s1. The van der Waals surface area contributed by atoms with Crippen LogP contribution in [0.25, 0.3) is 0 Å². The lowest BCUT2D eigenvalue weighted by molar-refractivity contribution is -0.144. The summed E-state index contributed by atoms with van der Waals surface area (Å²) < 4.78 is 0. The Labute approximate surface area is 547 Å². The Bertz CT molecular complexity index is 2990. The lowest BCUT2D eigenvalue weighted by atomic mass is 10.0. The molecule has 0 aromatic carbocycles. The number of aromatic amines is 1. The number of carbonyl (C=O) groups is 18. The fourth-order valence-electron chi connectivity index (χ4n) is 9.28. The minimum atomic E-state index is -2.16. The van der Waals surface area contributed by atoms with Gasteiger partial charge in [0.05, 0.1) is 38.1 Å². The molecule has 1 aromatic rings. The SMILES string of the molecule is CC(C)C[C@H](NC(=O)[C@H](CCC(=O)O)NC(=O)[C@@H](CC(=O)O)NC(=O)[C@H](CS)NC(=O)[C@H](CC(=O)O)NC(=O)[C@@H]1CCCN1C(=O)[C@H](CC(N)=O)NC(=O)[C@H](CC(C)C)NC(=O)[C@@H](N)CCC(=O)O)C(=O)N[C@@H](C)C(=O)N[C@@H](CC(=O)O)C(=O)N[C@@H](Cc1cnc[nH]1)C(=O)O. The van der Waals surface area contributed by atoms with Gasteiger partial charge in [-0.15, -0.1) is 0 Å². The third-order valence-corrected chi connectivity index (χ3v) is 14.4. The number of H-pyrrole nitrogens is 1. The van der Waals surface area contributed by atoms with E-state index in [9.17, 15) is 112 Å². The lowest BCUT2D eigenvalue weighted by Crippen LogP contribution is -2.61. The molecular formula is C55H83N15O24S. The van der Waals surface area contributed by atoms with E-state index in [0.717, 1.165) is 11.8 Å². The number of likely N-dealkylation sites (tertiary alicyclic amines) is 1. The van der Waals surface area contributed by atoms with Gasteiger partial charge in [0.1, 0.15) is 66.5 Å². The van der Waals surface area contributed by atoms with Crippen molar-refractivity contribution in [2.24, 2.45) is 23.3 Å². The number of imidazole rings is 1. The Morgan fingerprint density at radius 3 is 1.39 bits per heavy atom. The van der Waals surface area contributed by atoms with Gasteiger partial charge in [-0.05, 0) is 57.3 Å². The quantitative estimate of drug-likeness (QED) is 0.0270. The van der Waals surface area contributed by atoms with Crippen molar-refractivity contribution in [2.45, 2.75) is 191 Å². The van der Waals surface area contributed by atoms with Crippen LogP contribution in [0, 0.1) is 11.8 Å². The summed E-state index contributed by atoms with van der Waals surface area (Å²) in [4.78, 5) is 240. The van der Waals surface area contributed by atoms with Crippen LogP contribution in [0.4, 0.5) is 0 Å². The number of amides is 12. The van der Waals surface area contributed by atoms with Crippen LogP contribution in [0.15, 0.2) is 12.5 Å². The third-order valence-electron chi connectivity index (χ3n) is 14.0. The van der Waals surface area contributed by atoms with Crippen molar-refractivity contribution < 1.29 is 117 Å². The van der Waals surface area contributed by atoms with Gasteiger partial charge in [-0.1, -0.05) is 27.7 Å². The number of nitrogens with two attached hydrogens (primary N) is 2. The van der Waals surface area contributed by atoms with Crippen LogP contribution in [-0.2, 0) is 92.7 Å². The Morgan fingerprint density at radius 1 is 0.516 bits per heavy atom. The molecule has 1 aliphatic heterocycles. The molecule has 1 aromatic heterocycles. The first-order chi connectivity index (χ1) is 44.3. The molecule has 39 nitrogen and oxygen atoms in total. The van der Waals surface area contributed by atoms with Crippen molar-refractivity contribution in [1.82, 2.24) is 68.0 Å². The zero-order valence-corrected chi connectivity index (χ0v) is 53.3. The van der Waals surface area contributed by atoms with Crippen molar-refractivity contribution in [2.75, 3.05) is 12.3 Å². The highest BCUT2D eigenvalue weighted by Gasteiger charge is 2.42. The number of carboxylic acids is 6. The number of primary amides is 1. The Morgan fingerprint density at radius 2 is 0.926 bits per heavy atom. The summed E-state index contributed by atoms with van der Waals surface area (Å²) in [5.41, 5.74) is 11.5. The molecule has 21 N–H and O–H groups in total. The molecule has 1 fully saturated rings. The summed E-state index contributed by atoms with van der Waals surface area (Å²) in [6.07, 6.45) is -4.78. The Kier molecular flexibility index (Phi) is 33.7. The molecule has 0 saturated carbocycles. The molecule has 12 amide bonds. The molecule has 40 heteroatoms. The number of aliphatic carboxylic acids is 6. The van der Waals surface area contributed by atoms with Crippen LogP contribution >= 0.6 is 12.6 Å². The van der Waals surface area contributed by atoms with Gasteiger partial charge in [0.25, 0.3) is 0 Å². The average molecular weight is 1370 g/mol. The molecule has 1 saturated heterocycles. The second kappa shape index (κ2) is 39.5. The first-order valence-corrected chi connectivity index (χ1v) is 30.2. The number of rotatable bonds is 43. The smallest absolute Gasteiger partial charge is 0.326 e. The van der Waals surface area contributed by atoms with Crippen LogP contribution in [0.3, 0.4) is 0 Å². The first kappa shape index (κ1) is 81.1. The largest absolute Gasteiger partial charge is 0.481 e. The van der Waals surface area contributed by atoms with Crippen molar-refractivity contribution in [3.63, 3.8) is 0 Å². The van der Waals surface area contributed by atoms with Crippen molar-refractivity contribution in [3.8, 4) is 0 Å². The molecule has 0 unspecified atom stereocenters. The monoisotopic (exact) mass is 1370 g/mol. The average Bonchev–Trinajstić information content (AvgIpc) is 1.77. The molecule has 0 aliphatic carbocycles. The topological polar surface area (TPSA) is 633 Å². The van der Waals surface area contributed by atoms with Gasteiger partial charge >= 0.3 is 35.8 Å². The minimum Gasteiger partial charge on any atom is -0.481 e. The van der Waals surface area contributed by atoms with E-state index < -0.39 is 236 Å². The molecular weight excluding hydrogens is 1290 g/mol. The van der Waals surface area contributed by atoms with Crippen LogP contribution in [0.5, 0.6) is 0 Å². The summed E-state index contributed by atoms with van der Waals surface area (Å²) >= 11 is 4.05. The number of thiol groups is 1. The summed E-state index contributed by atoms with van der Waals surface area (Å²) in [7, 11) is 0. The van der Waals surface area contributed by atoms with Gasteiger partial charge < -0.3 is 105 Å². The van der Waals surface area contributed by atoms with E-state index in [0.29, 0.717) is 0 Å². The number of hydrogen-bond donors (Lipinski definition) is 20. The summed E-state index contributed by atoms with van der Waals surface area (Å²) in [5, 5.41) is 79.5. The molecule has 0 radical (unpaired) electrons. The van der Waals surface area contributed by atoms with Gasteiger partial charge in [0.2, 0.25) is 70.9 Å². The number of hydrogen-bond acceptors (Lipinski definition) is 21. The predicted molar refractivity (Wildman–Crippen MR) is 325 cm³/mol. The zero-order chi connectivity index (χ0) is 72.1. The molecule has 12 atom stereocenters. The van der Waals surface area contributed by atoms with E-state index in [-0.39, 0.29) is 56.7 Å². The number of nitrogens with one attached hydrogen (secondary N) is 11. The Hall–Kier alpha value is -10.0. The Balaban J connectivity index is 2.33.